The van der Waals surface area contributed by atoms with Gasteiger partial charge in [0.25, 0.3) is 5.91 Å². The van der Waals surface area contributed by atoms with Gasteiger partial charge in [0.05, 0.1) is 12.7 Å². The SMILES string of the molecule is CCCC(NC(=O)c1ccc(OC)nc1)C(=O)O. The molecule has 6 nitrogen and oxygen atoms in total. The number of amides is 1. The van der Waals surface area contributed by atoms with E-state index in [1.807, 2.05) is 6.92 Å². The van der Waals surface area contributed by atoms with E-state index in [1.165, 1.54) is 19.4 Å². The molecule has 1 heterocycles. The van der Waals surface area contributed by atoms with Crippen LogP contribution in [0.4, 0.5) is 0 Å². The van der Waals surface area contributed by atoms with Gasteiger partial charge >= 0.3 is 5.97 Å². The first-order valence-electron chi connectivity index (χ1n) is 5.62. The molecule has 18 heavy (non-hydrogen) atoms. The number of hydrogen-bond donors (Lipinski definition) is 2. The van der Waals surface area contributed by atoms with Crippen molar-refractivity contribution >= 4 is 11.9 Å². The Kier molecular flexibility index (Phi) is 5.10. The Bertz CT molecular complexity index is 417. The number of carboxylic acids is 1. The van der Waals surface area contributed by atoms with E-state index in [1.54, 1.807) is 6.07 Å². The number of carbonyl (C=O) groups excluding carboxylic acids is 1. The van der Waals surface area contributed by atoms with Gasteiger partial charge in [0.15, 0.2) is 0 Å². The summed E-state index contributed by atoms with van der Waals surface area (Å²) in [4.78, 5) is 26.6. The summed E-state index contributed by atoms with van der Waals surface area (Å²) in [7, 11) is 1.48. The number of ether oxygens (including phenoxy) is 1. The number of methoxy groups -OCH3 is 1. The van der Waals surface area contributed by atoms with Crippen LogP contribution in [0.15, 0.2) is 18.3 Å². The highest BCUT2D eigenvalue weighted by molar-refractivity contribution is 5.96. The van der Waals surface area contributed by atoms with Gasteiger partial charge in [-0.2, -0.15) is 0 Å². The molecular formula is C12H16N2O4. The van der Waals surface area contributed by atoms with Crippen LogP contribution in [0.2, 0.25) is 0 Å². The molecule has 0 fully saturated rings. The highest BCUT2D eigenvalue weighted by Crippen LogP contribution is 2.07. The molecule has 98 valence electrons. The van der Waals surface area contributed by atoms with Crippen LogP contribution in [0.1, 0.15) is 30.1 Å². The van der Waals surface area contributed by atoms with E-state index in [4.69, 9.17) is 9.84 Å². The molecule has 1 rings (SSSR count). The summed E-state index contributed by atoms with van der Waals surface area (Å²) < 4.78 is 4.87. The first kappa shape index (κ1) is 14.0. The van der Waals surface area contributed by atoms with Crippen LogP contribution in [0.5, 0.6) is 5.88 Å². The average Bonchev–Trinajstić information content (AvgIpc) is 2.38. The van der Waals surface area contributed by atoms with Crippen LogP contribution >= 0.6 is 0 Å². The quantitative estimate of drug-likeness (QED) is 0.790. The zero-order chi connectivity index (χ0) is 13.5. The minimum absolute atomic E-state index is 0.304. The summed E-state index contributed by atoms with van der Waals surface area (Å²) in [6, 6.07) is 2.21. The van der Waals surface area contributed by atoms with Gasteiger partial charge in [-0.15, -0.1) is 0 Å². The van der Waals surface area contributed by atoms with Crippen molar-refractivity contribution in [3.8, 4) is 5.88 Å². The van der Waals surface area contributed by atoms with Crippen molar-refractivity contribution in [2.75, 3.05) is 7.11 Å². The first-order chi connectivity index (χ1) is 8.58. The number of pyridine rings is 1. The molecule has 0 aliphatic heterocycles. The van der Waals surface area contributed by atoms with Crippen molar-refractivity contribution < 1.29 is 19.4 Å². The highest BCUT2D eigenvalue weighted by atomic mass is 16.5. The minimum atomic E-state index is -1.04. The van der Waals surface area contributed by atoms with Crippen molar-refractivity contribution in [2.24, 2.45) is 0 Å². The Morgan fingerprint density at radius 2 is 2.22 bits per heavy atom. The maximum atomic E-state index is 11.8. The van der Waals surface area contributed by atoms with Crippen LogP contribution in [-0.2, 0) is 4.79 Å². The molecule has 1 aromatic heterocycles. The van der Waals surface area contributed by atoms with E-state index in [2.05, 4.69) is 10.3 Å². The fourth-order valence-corrected chi connectivity index (χ4v) is 1.42. The van der Waals surface area contributed by atoms with Gasteiger partial charge < -0.3 is 15.2 Å². The number of rotatable bonds is 6. The molecule has 0 saturated carbocycles. The topological polar surface area (TPSA) is 88.5 Å². The summed E-state index contributed by atoms with van der Waals surface area (Å²) in [5, 5.41) is 11.4. The van der Waals surface area contributed by atoms with E-state index >= 15 is 0 Å². The Hall–Kier alpha value is -2.11. The summed E-state index contributed by atoms with van der Waals surface area (Å²) in [5.74, 6) is -1.09. The number of aromatic nitrogens is 1. The molecule has 0 aliphatic carbocycles. The Balaban J connectivity index is 2.70. The number of carbonyl (C=O) groups is 2. The van der Waals surface area contributed by atoms with Gasteiger partial charge in [-0.25, -0.2) is 9.78 Å². The second-order valence-electron chi connectivity index (χ2n) is 3.74. The lowest BCUT2D eigenvalue weighted by Crippen LogP contribution is -2.40. The molecule has 1 aromatic rings. The van der Waals surface area contributed by atoms with Gasteiger partial charge in [-0.05, 0) is 12.5 Å². The van der Waals surface area contributed by atoms with E-state index in [0.29, 0.717) is 24.3 Å². The molecular weight excluding hydrogens is 236 g/mol. The molecule has 1 atom stereocenters. The molecule has 0 bridgehead atoms. The predicted molar refractivity (Wildman–Crippen MR) is 64.6 cm³/mol. The van der Waals surface area contributed by atoms with Crippen LogP contribution in [-0.4, -0.2) is 35.1 Å². The Morgan fingerprint density at radius 1 is 1.50 bits per heavy atom. The first-order valence-corrected chi connectivity index (χ1v) is 5.62. The second kappa shape index (κ2) is 6.58. The predicted octanol–water partition coefficient (Wildman–Crippen LogP) is 1.07. The van der Waals surface area contributed by atoms with Crippen LogP contribution < -0.4 is 10.1 Å². The zero-order valence-corrected chi connectivity index (χ0v) is 10.3. The molecule has 2 N–H and O–H groups in total. The molecule has 0 radical (unpaired) electrons. The maximum absolute atomic E-state index is 11.8. The fraction of sp³-hybridized carbons (Fsp3) is 0.417. The van der Waals surface area contributed by atoms with Crippen LogP contribution in [0.25, 0.3) is 0 Å². The molecule has 1 amide bonds. The maximum Gasteiger partial charge on any atom is 0.326 e. The molecule has 6 heteroatoms. The van der Waals surface area contributed by atoms with Gasteiger partial charge in [-0.1, -0.05) is 13.3 Å². The lowest BCUT2D eigenvalue weighted by atomic mass is 10.1. The van der Waals surface area contributed by atoms with Gasteiger partial charge in [0.1, 0.15) is 6.04 Å². The molecule has 0 spiro atoms. The third-order valence-corrected chi connectivity index (χ3v) is 2.39. The van der Waals surface area contributed by atoms with Crippen molar-refractivity contribution in [1.82, 2.24) is 10.3 Å². The van der Waals surface area contributed by atoms with E-state index < -0.39 is 17.9 Å². The third kappa shape index (κ3) is 3.73. The summed E-state index contributed by atoms with van der Waals surface area (Å²) in [6.45, 7) is 1.86. The minimum Gasteiger partial charge on any atom is -0.481 e. The largest absolute Gasteiger partial charge is 0.481 e. The number of hydrogen-bond acceptors (Lipinski definition) is 4. The fourth-order valence-electron chi connectivity index (χ4n) is 1.42. The van der Waals surface area contributed by atoms with Crippen LogP contribution in [0.3, 0.4) is 0 Å². The average molecular weight is 252 g/mol. The zero-order valence-electron chi connectivity index (χ0n) is 10.3. The number of aliphatic carboxylic acids is 1. The summed E-state index contributed by atoms with van der Waals surface area (Å²) >= 11 is 0. The van der Waals surface area contributed by atoms with Crippen molar-refractivity contribution in [3.63, 3.8) is 0 Å². The Labute approximate surface area is 105 Å². The monoisotopic (exact) mass is 252 g/mol. The van der Waals surface area contributed by atoms with Crippen molar-refractivity contribution in [3.05, 3.63) is 23.9 Å². The summed E-state index contributed by atoms with van der Waals surface area (Å²) in [6.07, 6.45) is 2.42. The summed E-state index contributed by atoms with van der Waals surface area (Å²) in [5.41, 5.74) is 0.304. The molecule has 0 aliphatic rings. The number of nitrogens with zero attached hydrogens (tertiary/aromatic N) is 1. The van der Waals surface area contributed by atoms with E-state index in [9.17, 15) is 9.59 Å². The van der Waals surface area contributed by atoms with Gasteiger partial charge in [-0.3, -0.25) is 4.79 Å². The number of carboxylic acid groups (broad SMARTS) is 1. The second-order valence-corrected chi connectivity index (χ2v) is 3.74. The standard InChI is InChI=1S/C12H16N2O4/c1-3-4-9(12(16)17)14-11(15)8-5-6-10(18-2)13-7-8/h5-7,9H,3-4H2,1-2H3,(H,14,15)(H,16,17). The van der Waals surface area contributed by atoms with Gasteiger partial charge in [0.2, 0.25) is 5.88 Å². The highest BCUT2D eigenvalue weighted by Gasteiger charge is 2.19. The van der Waals surface area contributed by atoms with Crippen LogP contribution in [0, 0.1) is 0 Å². The lowest BCUT2D eigenvalue weighted by molar-refractivity contribution is -0.139. The van der Waals surface area contributed by atoms with Gasteiger partial charge in [0, 0.05) is 12.3 Å². The van der Waals surface area contributed by atoms with E-state index in [-0.39, 0.29) is 0 Å². The Morgan fingerprint density at radius 3 is 2.67 bits per heavy atom. The molecule has 0 saturated heterocycles. The lowest BCUT2D eigenvalue weighted by Gasteiger charge is -2.13. The molecule has 0 aromatic carbocycles. The van der Waals surface area contributed by atoms with Crippen molar-refractivity contribution in [1.29, 1.82) is 0 Å². The molecule has 1 unspecified atom stereocenters. The normalized spacial score (nSPS) is 11.7. The third-order valence-electron chi connectivity index (χ3n) is 2.39. The van der Waals surface area contributed by atoms with Crippen molar-refractivity contribution in [2.45, 2.75) is 25.8 Å². The smallest absolute Gasteiger partial charge is 0.326 e. The number of nitrogens with one attached hydrogen (secondary N) is 1. The van der Waals surface area contributed by atoms with E-state index in [0.717, 1.165) is 0 Å².